The van der Waals surface area contributed by atoms with Crippen LogP contribution in [0.5, 0.6) is 0 Å². The molecular formula is C13H21N3O3S. The van der Waals surface area contributed by atoms with Gasteiger partial charge in [-0.15, -0.1) is 0 Å². The highest BCUT2D eigenvalue weighted by molar-refractivity contribution is 7.84. The summed E-state index contributed by atoms with van der Waals surface area (Å²) >= 11 is 0. The van der Waals surface area contributed by atoms with Crippen LogP contribution in [0.2, 0.25) is 0 Å². The first kappa shape index (κ1) is 15.2. The van der Waals surface area contributed by atoms with E-state index < -0.39 is 10.8 Å². The average molecular weight is 299 g/mol. The van der Waals surface area contributed by atoms with Gasteiger partial charge in [0.1, 0.15) is 12.2 Å². The van der Waals surface area contributed by atoms with Crippen molar-refractivity contribution in [1.82, 2.24) is 14.8 Å². The lowest BCUT2D eigenvalue weighted by molar-refractivity contribution is -0.141. The van der Waals surface area contributed by atoms with Gasteiger partial charge in [-0.05, 0) is 32.1 Å². The standard InChI is InChI=1S/C13H21N3O3S/c1-10(2)16-11(14-9-15-16)7-20(18)8-13(4-5-13)6-12(17)19-3/h9-10H,4-8H2,1-3H3. The minimum absolute atomic E-state index is 0.110. The van der Waals surface area contributed by atoms with Gasteiger partial charge in [-0.2, -0.15) is 5.10 Å². The van der Waals surface area contributed by atoms with Gasteiger partial charge in [0.25, 0.3) is 0 Å². The number of ether oxygens (including phenoxy) is 1. The van der Waals surface area contributed by atoms with Crippen molar-refractivity contribution in [2.45, 2.75) is 44.9 Å². The molecule has 1 aliphatic rings. The number of nitrogens with zero attached hydrogens (tertiary/aromatic N) is 3. The molecule has 112 valence electrons. The Hall–Kier alpha value is -1.24. The molecule has 7 heteroatoms. The minimum Gasteiger partial charge on any atom is -0.469 e. The molecule has 0 spiro atoms. The lowest BCUT2D eigenvalue weighted by Gasteiger charge is -2.14. The molecule has 1 fully saturated rings. The van der Waals surface area contributed by atoms with Gasteiger partial charge in [-0.25, -0.2) is 9.67 Å². The van der Waals surface area contributed by atoms with Gasteiger partial charge >= 0.3 is 5.97 Å². The van der Waals surface area contributed by atoms with Crippen molar-refractivity contribution in [1.29, 1.82) is 0 Å². The van der Waals surface area contributed by atoms with Crippen LogP contribution in [0.4, 0.5) is 0 Å². The zero-order chi connectivity index (χ0) is 14.8. The van der Waals surface area contributed by atoms with Crippen LogP contribution in [-0.2, 0) is 26.1 Å². The number of hydrogen-bond acceptors (Lipinski definition) is 5. The van der Waals surface area contributed by atoms with Crippen molar-refractivity contribution in [3.8, 4) is 0 Å². The molecule has 1 unspecified atom stereocenters. The molecule has 1 saturated carbocycles. The summed E-state index contributed by atoms with van der Waals surface area (Å²) in [5, 5.41) is 4.14. The summed E-state index contributed by atoms with van der Waals surface area (Å²) < 4.78 is 18.8. The number of rotatable bonds is 7. The number of aromatic nitrogens is 3. The fraction of sp³-hybridized carbons (Fsp3) is 0.769. The Morgan fingerprint density at radius 1 is 1.55 bits per heavy atom. The first-order valence-corrected chi connectivity index (χ1v) is 8.25. The van der Waals surface area contributed by atoms with E-state index in [0.717, 1.165) is 18.7 Å². The minimum atomic E-state index is -1.03. The van der Waals surface area contributed by atoms with Crippen LogP contribution in [0.3, 0.4) is 0 Å². The number of carbonyl (C=O) groups excluding carboxylic acids is 1. The fourth-order valence-electron chi connectivity index (χ4n) is 2.27. The molecule has 0 amide bonds. The number of methoxy groups -OCH3 is 1. The van der Waals surface area contributed by atoms with Crippen molar-refractivity contribution in [3.63, 3.8) is 0 Å². The van der Waals surface area contributed by atoms with Gasteiger partial charge in [-0.3, -0.25) is 9.00 Å². The Labute approximate surface area is 121 Å². The predicted octanol–water partition coefficient (Wildman–Crippen LogP) is 1.45. The Morgan fingerprint density at radius 3 is 2.80 bits per heavy atom. The molecule has 2 rings (SSSR count). The number of hydrogen-bond donors (Lipinski definition) is 0. The van der Waals surface area contributed by atoms with E-state index in [9.17, 15) is 9.00 Å². The maximum absolute atomic E-state index is 12.3. The van der Waals surface area contributed by atoms with Gasteiger partial charge in [0.2, 0.25) is 0 Å². The molecule has 0 radical (unpaired) electrons. The molecule has 0 aromatic carbocycles. The lowest BCUT2D eigenvalue weighted by atomic mass is 10.1. The van der Waals surface area contributed by atoms with Crippen molar-refractivity contribution >= 4 is 16.8 Å². The molecule has 1 aliphatic carbocycles. The van der Waals surface area contributed by atoms with E-state index in [0.29, 0.717) is 17.9 Å². The number of carbonyl (C=O) groups is 1. The molecule has 1 aromatic rings. The summed E-state index contributed by atoms with van der Waals surface area (Å²) in [5.41, 5.74) is -0.110. The first-order valence-electron chi connectivity index (χ1n) is 6.76. The molecule has 1 atom stereocenters. The second-order valence-electron chi connectivity index (χ2n) is 5.70. The maximum Gasteiger partial charge on any atom is 0.306 e. The zero-order valence-corrected chi connectivity index (χ0v) is 13.0. The molecule has 0 aliphatic heterocycles. The fourth-order valence-corrected chi connectivity index (χ4v) is 3.94. The van der Waals surface area contributed by atoms with E-state index in [1.54, 1.807) is 4.68 Å². The Kier molecular flexibility index (Phi) is 4.57. The molecule has 1 heterocycles. The maximum atomic E-state index is 12.3. The van der Waals surface area contributed by atoms with Crippen LogP contribution < -0.4 is 0 Å². The lowest BCUT2D eigenvalue weighted by Crippen LogP contribution is -2.20. The smallest absolute Gasteiger partial charge is 0.306 e. The third-order valence-electron chi connectivity index (χ3n) is 3.60. The van der Waals surface area contributed by atoms with Crippen LogP contribution in [0, 0.1) is 5.41 Å². The van der Waals surface area contributed by atoms with Gasteiger partial charge < -0.3 is 4.74 Å². The molecule has 0 N–H and O–H groups in total. The summed E-state index contributed by atoms with van der Waals surface area (Å²) in [5.74, 6) is 1.45. The van der Waals surface area contributed by atoms with Crippen molar-refractivity contribution < 1.29 is 13.7 Å². The first-order chi connectivity index (χ1) is 9.46. The van der Waals surface area contributed by atoms with Crippen LogP contribution in [0.1, 0.15) is 45.0 Å². The molecule has 6 nitrogen and oxygen atoms in total. The van der Waals surface area contributed by atoms with Crippen LogP contribution in [-0.4, -0.2) is 37.8 Å². The Morgan fingerprint density at radius 2 is 2.25 bits per heavy atom. The zero-order valence-electron chi connectivity index (χ0n) is 12.2. The molecule has 20 heavy (non-hydrogen) atoms. The van der Waals surface area contributed by atoms with Crippen LogP contribution in [0.15, 0.2) is 6.33 Å². The van der Waals surface area contributed by atoms with E-state index in [4.69, 9.17) is 4.74 Å². The average Bonchev–Trinajstić information content (AvgIpc) is 2.95. The third kappa shape index (κ3) is 3.65. The molecular weight excluding hydrogens is 278 g/mol. The Bertz CT molecular complexity index is 509. The second-order valence-corrected chi connectivity index (χ2v) is 7.15. The van der Waals surface area contributed by atoms with Gasteiger partial charge in [0.05, 0.1) is 19.3 Å². The summed E-state index contributed by atoms with van der Waals surface area (Å²) in [4.78, 5) is 15.5. The molecule has 0 bridgehead atoms. The predicted molar refractivity (Wildman–Crippen MR) is 75.4 cm³/mol. The second kappa shape index (κ2) is 6.03. The van der Waals surface area contributed by atoms with E-state index in [-0.39, 0.29) is 17.4 Å². The monoisotopic (exact) mass is 299 g/mol. The molecule has 0 saturated heterocycles. The van der Waals surface area contributed by atoms with E-state index in [2.05, 4.69) is 10.1 Å². The van der Waals surface area contributed by atoms with E-state index in [1.807, 2.05) is 13.8 Å². The summed E-state index contributed by atoms with van der Waals surface area (Å²) in [6, 6.07) is 0.203. The van der Waals surface area contributed by atoms with Gasteiger partial charge in [-0.1, -0.05) is 0 Å². The topological polar surface area (TPSA) is 74.1 Å². The van der Waals surface area contributed by atoms with E-state index >= 15 is 0 Å². The normalized spacial score (nSPS) is 18.0. The van der Waals surface area contributed by atoms with Crippen molar-refractivity contribution in [2.24, 2.45) is 5.41 Å². The quantitative estimate of drug-likeness (QED) is 0.712. The summed E-state index contributed by atoms with van der Waals surface area (Å²) in [7, 11) is 0.357. The van der Waals surface area contributed by atoms with E-state index in [1.165, 1.54) is 13.4 Å². The van der Waals surface area contributed by atoms with Gasteiger partial charge in [0, 0.05) is 22.6 Å². The highest BCUT2D eigenvalue weighted by Crippen LogP contribution is 2.49. The van der Waals surface area contributed by atoms with Gasteiger partial charge in [0.15, 0.2) is 0 Å². The largest absolute Gasteiger partial charge is 0.469 e. The highest BCUT2D eigenvalue weighted by atomic mass is 32.2. The van der Waals surface area contributed by atoms with Crippen LogP contribution >= 0.6 is 0 Å². The van der Waals surface area contributed by atoms with Crippen molar-refractivity contribution in [2.75, 3.05) is 12.9 Å². The molecule has 1 aromatic heterocycles. The Balaban J connectivity index is 1.93. The highest BCUT2D eigenvalue weighted by Gasteiger charge is 2.46. The van der Waals surface area contributed by atoms with Crippen molar-refractivity contribution in [3.05, 3.63) is 12.2 Å². The third-order valence-corrected chi connectivity index (χ3v) is 5.11. The van der Waals surface area contributed by atoms with Crippen LogP contribution in [0.25, 0.3) is 0 Å². The number of esters is 1. The summed E-state index contributed by atoms with van der Waals surface area (Å²) in [6.07, 6.45) is 3.76. The summed E-state index contributed by atoms with van der Waals surface area (Å²) in [6.45, 7) is 4.03. The SMILES string of the molecule is COC(=O)CC1(CS(=O)Cc2ncnn2C(C)C)CC1.